The number of hydrogen-bond donors (Lipinski definition) is 2. The van der Waals surface area contributed by atoms with Crippen LogP contribution in [0.3, 0.4) is 0 Å². The Kier molecular flexibility index (Phi) is 3.84. The average molecular weight is 290 g/mol. The summed E-state index contributed by atoms with van der Waals surface area (Å²) >= 11 is 0. The number of nitrogens with two attached hydrogens (primary N) is 1. The summed E-state index contributed by atoms with van der Waals surface area (Å²) < 4.78 is 0. The standard InChI is InChI=1S/C19H18N2O/c1-13-17(20)3-2-4-18(13)21-19(22)16-11-9-15(10-12-16)8-7-14-5-6-14/h2-4,9-12,14H,5-6,20H2,1H3,(H,21,22). The van der Waals surface area contributed by atoms with Gasteiger partial charge >= 0.3 is 0 Å². The van der Waals surface area contributed by atoms with Gasteiger partial charge in [-0.25, -0.2) is 0 Å². The highest BCUT2D eigenvalue weighted by molar-refractivity contribution is 6.05. The second-order valence-corrected chi connectivity index (χ2v) is 5.59. The van der Waals surface area contributed by atoms with Crippen molar-refractivity contribution in [2.45, 2.75) is 19.8 Å². The third kappa shape index (κ3) is 3.29. The Bertz CT molecular complexity index is 762. The molecule has 1 saturated carbocycles. The van der Waals surface area contributed by atoms with Gasteiger partial charge in [-0.2, -0.15) is 0 Å². The van der Waals surface area contributed by atoms with Gasteiger partial charge in [0.05, 0.1) is 0 Å². The fourth-order valence-electron chi connectivity index (χ4n) is 2.10. The predicted octanol–water partition coefficient (Wildman–Crippen LogP) is 3.59. The molecule has 1 amide bonds. The Hall–Kier alpha value is -2.73. The lowest BCUT2D eigenvalue weighted by Gasteiger charge is -2.10. The van der Waals surface area contributed by atoms with Crippen LogP contribution in [-0.4, -0.2) is 5.91 Å². The third-order valence-corrected chi connectivity index (χ3v) is 3.77. The lowest BCUT2D eigenvalue weighted by Crippen LogP contribution is -2.13. The van der Waals surface area contributed by atoms with Crippen LogP contribution in [0.1, 0.15) is 34.3 Å². The fraction of sp³-hybridized carbons (Fsp3) is 0.211. The molecule has 110 valence electrons. The molecule has 3 heteroatoms. The molecule has 0 atom stereocenters. The monoisotopic (exact) mass is 290 g/mol. The largest absolute Gasteiger partial charge is 0.398 e. The van der Waals surface area contributed by atoms with Gasteiger partial charge in [0.2, 0.25) is 0 Å². The number of nitrogen functional groups attached to an aromatic ring is 1. The van der Waals surface area contributed by atoms with E-state index in [1.165, 1.54) is 12.8 Å². The molecule has 0 spiro atoms. The molecule has 22 heavy (non-hydrogen) atoms. The van der Waals surface area contributed by atoms with Crippen LogP contribution in [0.5, 0.6) is 0 Å². The van der Waals surface area contributed by atoms with Crippen LogP contribution >= 0.6 is 0 Å². The number of carbonyl (C=O) groups is 1. The van der Waals surface area contributed by atoms with Crippen molar-refractivity contribution in [3.63, 3.8) is 0 Å². The minimum absolute atomic E-state index is 0.143. The van der Waals surface area contributed by atoms with E-state index < -0.39 is 0 Å². The molecule has 3 rings (SSSR count). The van der Waals surface area contributed by atoms with E-state index in [-0.39, 0.29) is 5.91 Å². The van der Waals surface area contributed by atoms with Gasteiger partial charge in [-0.1, -0.05) is 17.9 Å². The molecule has 0 saturated heterocycles. The smallest absolute Gasteiger partial charge is 0.255 e. The summed E-state index contributed by atoms with van der Waals surface area (Å²) in [4.78, 5) is 12.3. The van der Waals surface area contributed by atoms with E-state index >= 15 is 0 Å². The van der Waals surface area contributed by atoms with Crippen molar-refractivity contribution in [1.29, 1.82) is 0 Å². The van der Waals surface area contributed by atoms with Crippen LogP contribution in [-0.2, 0) is 0 Å². The first kappa shape index (κ1) is 14.2. The summed E-state index contributed by atoms with van der Waals surface area (Å²) in [6.07, 6.45) is 2.43. The molecular weight excluding hydrogens is 272 g/mol. The van der Waals surface area contributed by atoms with Crippen LogP contribution in [0.25, 0.3) is 0 Å². The molecule has 2 aromatic rings. The number of rotatable bonds is 2. The lowest BCUT2D eigenvalue weighted by molar-refractivity contribution is 0.102. The van der Waals surface area contributed by atoms with Gasteiger partial charge in [-0.05, 0) is 61.7 Å². The lowest BCUT2D eigenvalue weighted by atomic mass is 10.1. The number of hydrogen-bond acceptors (Lipinski definition) is 2. The SMILES string of the molecule is Cc1c(N)cccc1NC(=O)c1ccc(C#CC2CC2)cc1. The molecular formula is C19H18N2O. The first-order valence-corrected chi connectivity index (χ1v) is 7.41. The van der Waals surface area contributed by atoms with E-state index in [0.717, 1.165) is 16.8 Å². The average Bonchev–Trinajstić information content (AvgIpc) is 3.34. The predicted molar refractivity (Wildman–Crippen MR) is 89.6 cm³/mol. The zero-order valence-electron chi connectivity index (χ0n) is 12.5. The van der Waals surface area contributed by atoms with Crippen LogP contribution in [0.15, 0.2) is 42.5 Å². The number of carbonyl (C=O) groups excluding carboxylic acids is 1. The summed E-state index contributed by atoms with van der Waals surface area (Å²) in [7, 11) is 0. The Morgan fingerprint density at radius 2 is 1.91 bits per heavy atom. The molecule has 1 fully saturated rings. The Labute approximate surface area is 130 Å². The van der Waals surface area contributed by atoms with Gasteiger partial charge in [0.25, 0.3) is 5.91 Å². The first-order valence-electron chi connectivity index (χ1n) is 7.41. The van der Waals surface area contributed by atoms with E-state index in [4.69, 9.17) is 5.73 Å². The Morgan fingerprint density at radius 1 is 1.18 bits per heavy atom. The molecule has 0 unspecified atom stereocenters. The van der Waals surface area contributed by atoms with Gasteiger partial charge in [0.15, 0.2) is 0 Å². The zero-order chi connectivity index (χ0) is 15.5. The van der Waals surface area contributed by atoms with Crippen LogP contribution in [0, 0.1) is 24.7 Å². The molecule has 0 aromatic heterocycles. The van der Waals surface area contributed by atoms with Gasteiger partial charge in [-0.15, -0.1) is 0 Å². The van der Waals surface area contributed by atoms with Gasteiger partial charge in [0, 0.05) is 28.4 Å². The molecule has 0 heterocycles. The van der Waals surface area contributed by atoms with Crippen molar-refractivity contribution in [1.82, 2.24) is 0 Å². The number of nitrogens with one attached hydrogen (secondary N) is 1. The minimum atomic E-state index is -0.143. The molecule has 2 aromatic carbocycles. The van der Waals surface area contributed by atoms with Gasteiger partial charge < -0.3 is 11.1 Å². The van der Waals surface area contributed by atoms with Crippen molar-refractivity contribution in [3.05, 3.63) is 59.2 Å². The van der Waals surface area contributed by atoms with Crippen molar-refractivity contribution in [2.75, 3.05) is 11.1 Å². The molecule has 3 nitrogen and oxygen atoms in total. The maximum atomic E-state index is 12.3. The number of amides is 1. The molecule has 0 bridgehead atoms. The van der Waals surface area contributed by atoms with Gasteiger partial charge in [0.1, 0.15) is 0 Å². The van der Waals surface area contributed by atoms with Crippen LogP contribution in [0.2, 0.25) is 0 Å². The van der Waals surface area contributed by atoms with E-state index in [1.54, 1.807) is 12.1 Å². The van der Waals surface area contributed by atoms with E-state index in [0.29, 0.717) is 17.2 Å². The van der Waals surface area contributed by atoms with Crippen LogP contribution < -0.4 is 11.1 Å². The topological polar surface area (TPSA) is 55.1 Å². The fourth-order valence-corrected chi connectivity index (χ4v) is 2.10. The van der Waals surface area contributed by atoms with Crippen molar-refractivity contribution in [2.24, 2.45) is 5.92 Å². The van der Waals surface area contributed by atoms with Crippen molar-refractivity contribution in [3.8, 4) is 11.8 Å². The summed E-state index contributed by atoms with van der Waals surface area (Å²) in [5.41, 5.74) is 9.69. The van der Waals surface area contributed by atoms with Gasteiger partial charge in [-0.3, -0.25) is 4.79 Å². The highest BCUT2D eigenvalue weighted by Crippen LogP contribution is 2.27. The molecule has 1 aliphatic rings. The molecule has 1 aliphatic carbocycles. The number of anilines is 2. The first-order chi connectivity index (χ1) is 10.6. The molecule has 3 N–H and O–H groups in total. The highest BCUT2D eigenvalue weighted by atomic mass is 16.1. The molecule has 0 radical (unpaired) electrons. The maximum absolute atomic E-state index is 12.3. The Balaban J connectivity index is 1.72. The van der Waals surface area contributed by atoms with E-state index in [9.17, 15) is 4.79 Å². The maximum Gasteiger partial charge on any atom is 0.255 e. The quantitative estimate of drug-likeness (QED) is 0.656. The van der Waals surface area contributed by atoms with Crippen LogP contribution in [0.4, 0.5) is 11.4 Å². The summed E-state index contributed by atoms with van der Waals surface area (Å²) in [5.74, 6) is 6.79. The summed E-state index contributed by atoms with van der Waals surface area (Å²) in [6, 6.07) is 12.9. The third-order valence-electron chi connectivity index (χ3n) is 3.77. The number of benzene rings is 2. The van der Waals surface area contributed by atoms with E-state index in [2.05, 4.69) is 17.2 Å². The Morgan fingerprint density at radius 3 is 2.59 bits per heavy atom. The van der Waals surface area contributed by atoms with Crippen molar-refractivity contribution >= 4 is 17.3 Å². The zero-order valence-corrected chi connectivity index (χ0v) is 12.5. The second kappa shape index (κ2) is 5.95. The minimum Gasteiger partial charge on any atom is -0.398 e. The highest BCUT2D eigenvalue weighted by Gasteiger charge is 2.17. The second-order valence-electron chi connectivity index (χ2n) is 5.59. The summed E-state index contributed by atoms with van der Waals surface area (Å²) in [6.45, 7) is 1.89. The summed E-state index contributed by atoms with van der Waals surface area (Å²) in [5, 5.41) is 2.89. The molecule has 0 aliphatic heterocycles. The normalized spacial score (nSPS) is 13.1. The van der Waals surface area contributed by atoms with E-state index in [1.807, 2.05) is 37.3 Å². The van der Waals surface area contributed by atoms with Crippen molar-refractivity contribution < 1.29 is 4.79 Å².